The average molecular weight is 663 g/mol. The van der Waals surface area contributed by atoms with Gasteiger partial charge in [0.1, 0.15) is 11.4 Å². The SMILES string of the molecule is CCC(CC)NC(=O)Nc1ccc(Oc2cnc(NC(=O)c3c(CN4CCC(O)CC4)c4ccccc4n3C(C)C)s2)c(COC)c1. The van der Waals surface area contributed by atoms with Crippen molar-refractivity contribution < 1.29 is 24.2 Å². The molecule has 4 N–H and O–H groups in total. The Kier molecular flexibility index (Phi) is 11.5. The predicted molar refractivity (Wildman–Crippen MR) is 187 cm³/mol. The molecule has 0 radical (unpaired) electrons. The number of aliphatic hydroxyl groups excluding tert-OH is 1. The number of likely N-dealkylation sites (tertiary alicyclic amines) is 1. The van der Waals surface area contributed by atoms with Gasteiger partial charge in [0.15, 0.2) is 5.13 Å². The van der Waals surface area contributed by atoms with E-state index >= 15 is 0 Å². The number of thiazole rings is 1. The molecule has 47 heavy (non-hydrogen) atoms. The normalized spacial score (nSPS) is 14.2. The number of carbonyl (C=O) groups excluding carboxylic acids is 2. The van der Waals surface area contributed by atoms with Gasteiger partial charge in [0.05, 0.1) is 18.9 Å². The summed E-state index contributed by atoms with van der Waals surface area (Å²) in [5.41, 5.74) is 3.98. The van der Waals surface area contributed by atoms with E-state index in [4.69, 9.17) is 9.47 Å². The van der Waals surface area contributed by atoms with Gasteiger partial charge in [-0.25, -0.2) is 9.78 Å². The lowest BCUT2D eigenvalue weighted by Crippen LogP contribution is -2.37. The van der Waals surface area contributed by atoms with Crippen molar-refractivity contribution in [3.8, 4) is 10.8 Å². The molecule has 4 aromatic rings. The number of rotatable bonds is 13. The number of nitrogens with zero attached hydrogens (tertiary/aromatic N) is 3. The Labute approximate surface area is 280 Å². The Morgan fingerprint density at radius 3 is 2.53 bits per heavy atom. The monoisotopic (exact) mass is 662 g/mol. The van der Waals surface area contributed by atoms with Crippen molar-refractivity contribution in [2.45, 2.75) is 84.7 Å². The van der Waals surface area contributed by atoms with Crippen LogP contribution >= 0.6 is 11.3 Å². The predicted octanol–water partition coefficient (Wildman–Crippen LogP) is 7.14. The number of fused-ring (bicyclic) bond motifs is 1. The minimum absolute atomic E-state index is 0.0511. The maximum Gasteiger partial charge on any atom is 0.319 e. The highest BCUT2D eigenvalue weighted by atomic mass is 32.1. The van der Waals surface area contributed by atoms with Crippen molar-refractivity contribution in [1.29, 1.82) is 0 Å². The summed E-state index contributed by atoms with van der Waals surface area (Å²) in [4.78, 5) is 33.3. The number of piperidine rings is 1. The number of carbonyl (C=O) groups is 2. The number of nitrogens with one attached hydrogen (secondary N) is 3. The molecule has 3 heterocycles. The van der Waals surface area contributed by atoms with Crippen LogP contribution in [0.5, 0.6) is 10.8 Å². The maximum absolute atomic E-state index is 14.0. The van der Waals surface area contributed by atoms with Gasteiger partial charge in [0.2, 0.25) is 5.06 Å². The first kappa shape index (κ1) is 34.4. The Balaban J connectivity index is 1.34. The summed E-state index contributed by atoms with van der Waals surface area (Å²) < 4.78 is 13.7. The molecule has 0 spiro atoms. The number of ether oxygens (including phenoxy) is 2. The van der Waals surface area contributed by atoms with E-state index in [1.165, 1.54) is 11.3 Å². The molecule has 0 saturated carbocycles. The van der Waals surface area contributed by atoms with E-state index in [0.717, 1.165) is 60.8 Å². The zero-order valence-electron chi connectivity index (χ0n) is 27.8. The Morgan fingerprint density at radius 2 is 1.83 bits per heavy atom. The molecule has 252 valence electrons. The van der Waals surface area contributed by atoms with Gasteiger partial charge in [-0.1, -0.05) is 43.4 Å². The summed E-state index contributed by atoms with van der Waals surface area (Å²) in [6, 6.07) is 13.4. The zero-order chi connectivity index (χ0) is 33.5. The third-order valence-corrected chi connectivity index (χ3v) is 9.33. The number of urea groups is 1. The van der Waals surface area contributed by atoms with Gasteiger partial charge < -0.3 is 29.8 Å². The van der Waals surface area contributed by atoms with Gasteiger partial charge in [0.25, 0.3) is 5.91 Å². The summed E-state index contributed by atoms with van der Waals surface area (Å²) in [7, 11) is 1.60. The molecule has 2 aromatic carbocycles. The zero-order valence-corrected chi connectivity index (χ0v) is 28.7. The quantitative estimate of drug-likeness (QED) is 0.120. The molecule has 1 saturated heterocycles. The van der Waals surface area contributed by atoms with E-state index in [1.807, 2.05) is 32.0 Å². The van der Waals surface area contributed by atoms with E-state index in [1.54, 1.807) is 25.4 Å². The van der Waals surface area contributed by atoms with Crippen LogP contribution in [-0.4, -0.2) is 63.8 Å². The first-order valence-electron chi connectivity index (χ1n) is 16.4. The third kappa shape index (κ3) is 8.31. The Morgan fingerprint density at radius 1 is 1.09 bits per heavy atom. The number of aromatic nitrogens is 2. The molecular formula is C35H46N6O5S. The van der Waals surface area contributed by atoms with E-state index in [0.29, 0.717) is 33.9 Å². The molecule has 0 bridgehead atoms. The minimum atomic E-state index is -0.266. The van der Waals surface area contributed by atoms with Crippen molar-refractivity contribution >= 4 is 45.0 Å². The van der Waals surface area contributed by atoms with Gasteiger partial charge >= 0.3 is 6.03 Å². The van der Waals surface area contributed by atoms with Crippen LogP contribution in [0, 0.1) is 0 Å². The second kappa shape index (κ2) is 15.7. The third-order valence-electron chi connectivity index (χ3n) is 8.54. The van der Waals surface area contributed by atoms with Crippen LogP contribution in [0.2, 0.25) is 0 Å². The first-order valence-corrected chi connectivity index (χ1v) is 17.2. The Hall–Kier alpha value is -3.97. The summed E-state index contributed by atoms with van der Waals surface area (Å²) in [6.45, 7) is 10.7. The topological polar surface area (TPSA) is 130 Å². The molecule has 5 rings (SSSR count). The molecule has 3 amide bonds. The molecule has 1 fully saturated rings. The molecule has 12 heteroatoms. The first-order chi connectivity index (χ1) is 22.7. The van der Waals surface area contributed by atoms with Crippen molar-refractivity contribution in [2.24, 2.45) is 0 Å². The van der Waals surface area contributed by atoms with Crippen LogP contribution in [0.15, 0.2) is 48.7 Å². The number of hydrogen-bond donors (Lipinski definition) is 4. The van der Waals surface area contributed by atoms with Crippen LogP contribution < -0.4 is 20.7 Å². The molecule has 0 aliphatic carbocycles. The van der Waals surface area contributed by atoms with E-state index in [9.17, 15) is 14.7 Å². The fraction of sp³-hybridized carbons (Fsp3) is 0.457. The fourth-order valence-electron chi connectivity index (χ4n) is 6.08. The van der Waals surface area contributed by atoms with Gasteiger partial charge in [0, 0.05) is 66.5 Å². The van der Waals surface area contributed by atoms with Crippen LogP contribution in [0.3, 0.4) is 0 Å². The summed E-state index contributed by atoms with van der Waals surface area (Å²) in [5, 5.41) is 20.9. The van der Waals surface area contributed by atoms with Crippen molar-refractivity contribution in [3.05, 3.63) is 65.5 Å². The maximum atomic E-state index is 14.0. The van der Waals surface area contributed by atoms with Gasteiger partial charge in [-0.3, -0.25) is 15.0 Å². The van der Waals surface area contributed by atoms with Crippen LogP contribution in [0.25, 0.3) is 10.9 Å². The minimum Gasteiger partial charge on any atom is -0.445 e. The molecule has 0 atom stereocenters. The largest absolute Gasteiger partial charge is 0.445 e. The van der Waals surface area contributed by atoms with Crippen LogP contribution in [0.1, 0.15) is 81.0 Å². The average Bonchev–Trinajstić information content (AvgIpc) is 3.64. The lowest BCUT2D eigenvalue weighted by molar-refractivity contribution is 0.0789. The second-order valence-electron chi connectivity index (χ2n) is 12.2. The molecule has 1 aliphatic heterocycles. The van der Waals surface area contributed by atoms with Gasteiger partial charge in [-0.2, -0.15) is 0 Å². The van der Waals surface area contributed by atoms with Gasteiger partial charge in [-0.15, -0.1) is 0 Å². The van der Waals surface area contributed by atoms with Crippen molar-refractivity contribution in [3.63, 3.8) is 0 Å². The number of anilines is 2. The molecular weight excluding hydrogens is 616 g/mol. The second-order valence-corrected chi connectivity index (χ2v) is 13.2. The Bertz CT molecular complexity index is 1670. The van der Waals surface area contributed by atoms with Gasteiger partial charge in [-0.05, 0) is 63.8 Å². The number of hydrogen-bond acceptors (Lipinski definition) is 8. The van der Waals surface area contributed by atoms with E-state index in [-0.39, 0.29) is 36.7 Å². The molecule has 11 nitrogen and oxygen atoms in total. The lowest BCUT2D eigenvalue weighted by atomic mass is 10.1. The van der Waals surface area contributed by atoms with Crippen LogP contribution in [-0.2, 0) is 17.9 Å². The number of benzene rings is 2. The smallest absolute Gasteiger partial charge is 0.319 e. The lowest BCUT2D eigenvalue weighted by Gasteiger charge is -2.29. The highest BCUT2D eigenvalue weighted by molar-refractivity contribution is 7.17. The standard InChI is InChI=1S/C35H46N6O5S/c1-6-24(7-2)37-34(44)38-25-12-13-30(23(18-25)21-45-5)46-31-19-36-35(47-31)39-33(43)32-28(20-40-16-14-26(42)15-17-40)27-10-8-9-11-29(27)41(32)22(3)4/h8-13,18-19,22,24,26,42H,6-7,14-17,20-21H2,1-5H3,(H,36,39,43)(H2,37,38,44). The highest BCUT2D eigenvalue weighted by Crippen LogP contribution is 2.36. The number of methoxy groups -OCH3 is 1. The number of aliphatic hydroxyl groups is 1. The summed E-state index contributed by atoms with van der Waals surface area (Å²) in [5.74, 6) is 0.332. The number of para-hydroxylation sites is 1. The fourth-order valence-corrected chi connectivity index (χ4v) is 6.75. The number of amides is 3. The van der Waals surface area contributed by atoms with Crippen LogP contribution in [0.4, 0.5) is 15.6 Å². The highest BCUT2D eigenvalue weighted by Gasteiger charge is 2.27. The molecule has 1 aliphatic rings. The molecule has 2 aromatic heterocycles. The molecule has 0 unspecified atom stereocenters. The summed E-state index contributed by atoms with van der Waals surface area (Å²) >= 11 is 1.23. The van der Waals surface area contributed by atoms with E-state index < -0.39 is 0 Å². The van der Waals surface area contributed by atoms with Crippen molar-refractivity contribution in [2.75, 3.05) is 30.8 Å². The van der Waals surface area contributed by atoms with E-state index in [2.05, 4.69) is 56.4 Å². The van der Waals surface area contributed by atoms with Crippen molar-refractivity contribution in [1.82, 2.24) is 19.8 Å². The summed E-state index contributed by atoms with van der Waals surface area (Å²) in [6.07, 6.45) is 4.49.